The Labute approximate surface area is 163 Å². The number of aromatic nitrogens is 1. The van der Waals surface area contributed by atoms with Crippen LogP contribution in [-0.4, -0.2) is 30.3 Å². The van der Waals surface area contributed by atoms with Crippen LogP contribution in [0.4, 0.5) is 4.39 Å². The van der Waals surface area contributed by atoms with Gasteiger partial charge in [-0.05, 0) is 36.2 Å². The van der Waals surface area contributed by atoms with Gasteiger partial charge in [-0.15, -0.1) is 0 Å². The molecule has 0 bridgehead atoms. The number of rotatable bonds is 5. The Hall–Kier alpha value is -2.78. The van der Waals surface area contributed by atoms with Crippen LogP contribution in [0.3, 0.4) is 0 Å². The molecular weight excluding hydrogens is 413 g/mol. The summed E-state index contributed by atoms with van der Waals surface area (Å²) >= 11 is 5.74. The van der Waals surface area contributed by atoms with Crippen molar-refractivity contribution in [3.05, 3.63) is 52.9 Å². The molecule has 0 saturated carbocycles. The highest BCUT2D eigenvalue weighted by Gasteiger charge is 2.25. The molecule has 2 heterocycles. The molecule has 0 saturated heterocycles. The smallest absolute Gasteiger partial charge is 0.303 e. The molecule has 1 N–H and O–H groups in total. The monoisotopic (exact) mass is 425 g/mol. The number of hydrogen-bond donors (Lipinski definition) is 1. The molecule has 0 spiro atoms. The fourth-order valence-electron chi connectivity index (χ4n) is 3.04. The van der Waals surface area contributed by atoms with E-state index in [1.165, 1.54) is 12.3 Å². The molecule has 7 nitrogen and oxygen atoms in total. The average molecular weight is 426 g/mol. The Balaban J connectivity index is 1.92. The number of halogens is 2. The fourth-order valence-corrected chi connectivity index (χ4v) is 4.70. The third-order valence-electron chi connectivity index (χ3n) is 4.40. The lowest BCUT2D eigenvalue weighted by molar-refractivity contribution is -0.136. The second-order valence-corrected chi connectivity index (χ2v) is 8.37. The maximum Gasteiger partial charge on any atom is 0.303 e. The van der Waals surface area contributed by atoms with E-state index in [0.29, 0.717) is 28.0 Å². The first-order valence-corrected chi connectivity index (χ1v) is 9.95. The van der Waals surface area contributed by atoms with E-state index in [-0.39, 0.29) is 29.6 Å². The third-order valence-corrected chi connectivity index (χ3v) is 6.36. The normalized spacial score (nSPS) is 13.2. The third kappa shape index (κ3) is 3.06. The highest BCUT2D eigenvalue weighted by atomic mass is 35.5. The van der Waals surface area contributed by atoms with Gasteiger partial charge < -0.3 is 14.6 Å². The molecule has 28 heavy (non-hydrogen) atoms. The zero-order valence-electron chi connectivity index (χ0n) is 14.2. The van der Waals surface area contributed by atoms with Crippen molar-refractivity contribution in [2.24, 2.45) is 0 Å². The average Bonchev–Trinajstić information content (AvgIpc) is 3.24. The molecule has 4 rings (SSSR count). The van der Waals surface area contributed by atoms with Gasteiger partial charge in [-0.1, -0.05) is 11.6 Å². The van der Waals surface area contributed by atoms with Gasteiger partial charge in [0, 0.05) is 24.1 Å². The van der Waals surface area contributed by atoms with Crippen molar-refractivity contribution in [2.75, 3.05) is 6.79 Å². The van der Waals surface area contributed by atoms with Gasteiger partial charge in [0.25, 0.3) is 10.0 Å². The standard InChI is InChI=1S/C18H13ClFNO6S/c19-13-5-11(2-3-14(13)20)28(24,25)21-8-10(1-4-18(22)23)12-6-16-17(7-15(12)21)27-9-26-16/h2-3,5-8H,1,4,9H2,(H,22,23). The van der Waals surface area contributed by atoms with Gasteiger partial charge in [-0.2, -0.15) is 0 Å². The van der Waals surface area contributed by atoms with Gasteiger partial charge in [0.15, 0.2) is 11.5 Å². The van der Waals surface area contributed by atoms with Crippen LogP contribution < -0.4 is 9.47 Å². The molecule has 1 aliphatic heterocycles. The molecule has 146 valence electrons. The summed E-state index contributed by atoms with van der Waals surface area (Å²) in [5.74, 6) is -0.911. The zero-order chi connectivity index (χ0) is 20.1. The minimum absolute atomic E-state index is 0.00667. The van der Waals surface area contributed by atoms with Gasteiger partial charge in [0.1, 0.15) is 5.82 Å². The summed E-state index contributed by atoms with van der Waals surface area (Å²) in [6.07, 6.45) is 1.31. The molecule has 10 heteroatoms. The van der Waals surface area contributed by atoms with E-state index in [0.717, 1.165) is 22.2 Å². The fraction of sp³-hybridized carbons (Fsp3) is 0.167. The van der Waals surface area contributed by atoms with Crippen molar-refractivity contribution in [3.8, 4) is 11.5 Å². The summed E-state index contributed by atoms with van der Waals surface area (Å²) < 4.78 is 51.5. The Morgan fingerprint density at radius 3 is 2.61 bits per heavy atom. The van der Waals surface area contributed by atoms with Crippen LogP contribution in [0.1, 0.15) is 12.0 Å². The summed E-state index contributed by atoms with van der Waals surface area (Å²) in [6.45, 7) is 0.00667. The van der Waals surface area contributed by atoms with Crippen molar-refractivity contribution in [1.82, 2.24) is 3.97 Å². The topological polar surface area (TPSA) is 94.8 Å². The van der Waals surface area contributed by atoms with E-state index in [2.05, 4.69) is 0 Å². The number of aliphatic carboxylic acids is 1. The lowest BCUT2D eigenvalue weighted by atomic mass is 10.1. The number of nitrogens with zero attached hydrogens (tertiary/aromatic N) is 1. The summed E-state index contributed by atoms with van der Waals surface area (Å²) in [4.78, 5) is 10.8. The van der Waals surface area contributed by atoms with Gasteiger partial charge >= 0.3 is 5.97 Å². The first-order chi connectivity index (χ1) is 13.3. The van der Waals surface area contributed by atoms with Gasteiger partial charge in [0.2, 0.25) is 6.79 Å². The van der Waals surface area contributed by atoms with Crippen molar-refractivity contribution in [3.63, 3.8) is 0 Å². The first-order valence-electron chi connectivity index (χ1n) is 8.13. The van der Waals surface area contributed by atoms with Crippen LogP contribution in [0, 0.1) is 5.82 Å². The Bertz CT molecular complexity index is 1220. The molecule has 1 aliphatic rings. The number of carbonyl (C=O) groups is 1. The minimum atomic E-state index is -4.12. The van der Waals surface area contributed by atoms with Crippen LogP contribution >= 0.6 is 11.6 Å². The van der Waals surface area contributed by atoms with Gasteiger partial charge in [-0.3, -0.25) is 4.79 Å². The summed E-state index contributed by atoms with van der Waals surface area (Å²) in [5, 5.41) is 9.19. The highest BCUT2D eigenvalue weighted by Crippen LogP contribution is 2.39. The molecular formula is C18H13ClFNO6S. The van der Waals surface area contributed by atoms with Crippen molar-refractivity contribution in [2.45, 2.75) is 17.7 Å². The van der Waals surface area contributed by atoms with E-state index < -0.39 is 21.8 Å². The Morgan fingerprint density at radius 2 is 1.93 bits per heavy atom. The number of carboxylic acids is 1. The van der Waals surface area contributed by atoms with Crippen LogP contribution in [0.5, 0.6) is 11.5 Å². The minimum Gasteiger partial charge on any atom is -0.481 e. The predicted molar refractivity (Wildman–Crippen MR) is 98.0 cm³/mol. The van der Waals surface area contributed by atoms with Crippen LogP contribution in [0.25, 0.3) is 10.9 Å². The van der Waals surface area contributed by atoms with E-state index >= 15 is 0 Å². The maximum atomic E-state index is 13.5. The summed E-state index contributed by atoms with van der Waals surface area (Å²) in [5.41, 5.74) is 0.817. The summed E-state index contributed by atoms with van der Waals surface area (Å²) in [7, 11) is -4.12. The molecule has 0 aliphatic carbocycles. The van der Waals surface area contributed by atoms with Gasteiger partial charge in [0.05, 0.1) is 15.4 Å². The lowest BCUT2D eigenvalue weighted by Crippen LogP contribution is -2.12. The first kappa shape index (κ1) is 18.6. The van der Waals surface area contributed by atoms with Crippen molar-refractivity contribution >= 4 is 38.5 Å². The second kappa shape index (κ2) is 6.68. The van der Waals surface area contributed by atoms with E-state index in [1.54, 1.807) is 6.07 Å². The Morgan fingerprint density at radius 1 is 1.21 bits per heavy atom. The molecule has 0 radical (unpaired) electrons. The maximum absolute atomic E-state index is 13.5. The SMILES string of the molecule is O=C(O)CCc1cn(S(=O)(=O)c2ccc(F)c(Cl)c2)c2cc3c(cc12)OCO3. The van der Waals surface area contributed by atoms with Crippen LogP contribution in [0.15, 0.2) is 41.4 Å². The largest absolute Gasteiger partial charge is 0.481 e. The number of aryl methyl sites for hydroxylation is 1. The van der Waals surface area contributed by atoms with E-state index in [4.69, 9.17) is 26.2 Å². The van der Waals surface area contributed by atoms with Crippen molar-refractivity contribution < 1.29 is 32.2 Å². The number of carboxylic acid groups (broad SMARTS) is 1. The number of hydrogen-bond acceptors (Lipinski definition) is 5. The number of benzene rings is 2. The molecule has 0 fully saturated rings. The second-order valence-electron chi connectivity index (χ2n) is 6.15. The quantitative estimate of drug-likeness (QED) is 0.673. The van der Waals surface area contributed by atoms with E-state index in [9.17, 15) is 17.6 Å². The molecule has 3 aromatic rings. The predicted octanol–water partition coefficient (Wildman–Crippen LogP) is 3.42. The number of ether oxygens (including phenoxy) is 2. The van der Waals surface area contributed by atoms with Crippen molar-refractivity contribution in [1.29, 1.82) is 0 Å². The highest BCUT2D eigenvalue weighted by molar-refractivity contribution is 7.90. The van der Waals surface area contributed by atoms with Crippen LogP contribution in [0.2, 0.25) is 5.02 Å². The zero-order valence-corrected chi connectivity index (χ0v) is 15.8. The Kier molecular flexibility index (Phi) is 4.43. The van der Waals surface area contributed by atoms with Gasteiger partial charge in [-0.25, -0.2) is 16.8 Å². The lowest BCUT2D eigenvalue weighted by Gasteiger charge is -2.08. The van der Waals surface area contributed by atoms with Crippen LogP contribution in [-0.2, 0) is 21.2 Å². The molecule has 0 unspecified atom stereocenters. The van der Waals surface area contributed by atoms with E-state index in [1.807, 2.05) is 0 Å². The number of fused-ring (bicyclic) bond motifs is 2. The molecule has 2 aromatic carbocycles. The molecule has 0 atom stereocenters. The molecule has 0 amide bonds. The molecule has 1 aromatic heterocycles. The summed E-state index contributed by atoms with van der Waals surface area (Å²) in [6, 6.07) is 6.26.